The number of imidazole rings is 1. The molecule has 0 radical (unpaired) electrons. The average molecular weight is 201 g/mol. The van der Waals surface area contributed by atoms with Crippen molar-refractivity contribution in [1.29, 1.82) is 0 Å². The minimum atomic E-state index is 0.827. The molecule has 1 heterocycles. The molecule has 0 spiro atoms. The van der Waals surface area contributed by atoms with Crippen LogP contribution in [-0.2, 0) is 13.5 Å². The Morgan fingerprint density at radius 3 is 2.80 bits per heavy atom. The minimum absolute atomic E-state index is 0.827. The Bertz CT molecular complexity index is 471. The predicted molar refractivity (Wildman–Crippen MR) is 61.6 cm³/mol. The van der Waals surface area contributed by atoms with E-state index in [1.165, 1.54) is 5.56 Å². The van der Waals surface area contributed by atoms with E-state index in [4.69, 9.17) is 5.73 Å². The lowest BCUT2D eigenvalue weighted by molar-refractivity contribution is 0.822. The summed E-state index contributed by atoms with van der Waals surface area (Å²) in [5.41, 5.74) is 9.03. The second kappa shape index (κ2) is 3.77. The molecule has 3 nitrogen and oxygen atoms in total. The van der Waals surface area contributed by atoms with Crippen LogP contribution in [-0.4, -0.2) is 9.55 Å². The Labute approximate surface area is 89.6 Å². The maximum absolute atomic E-state index is 5.86. The van der Waals surface area contributed by atoms with Gasteiger partial charge in [0.15, 0.2) is 0 Å². The molecule has 0 amide bonds. The van der Waals surface area contributed by atoms with Gasteiger partial charge in [-0.25, -0.2) is 4.98 Å². The number of benzene rings is 1. The van der Waals surface area contributed by atoms with Crippen LogP contribution in [0.1, 0.15) is 17.0 Å². The van der Waals surface area contributed by atoms with Gasteiger partial charge in [-0.05, 0) is 24.1 Å². The molecule has 0 atom stereocenters. The lowest BCUT2D eigenvalue weighted by Gasteiger charge is -2.05. The van der Waals surface area contributed by atoms with E-state index in [0.717, 1.165) is 23.5 Å². The Kier molecular flexibility index (Phi) is 2.46. The van der Waals surface area contributed by atoms with Gasteiger partial charge in [-0.1, -0.05) is 12.1 Å². The summed E-state index contributed by atoms with van der Waals surface area (Å²) in [7, 11) is 2.00. The molecule has 0 saturated heterocycles. The zero-order valence-corrected chi connectivity index (χ0v) is 9.07. The van der Waals surface area contributed by atoms with E-state index in [1.54, 1.807) is 0 Å². The number of anilines is 1. The molecule has 2 rings (SSSR count). The van der Waals surface area contributed by atoms with Gasteiger partial charge in [0.25, 0.3) is 0 Å². The second-order valence-electron chi connectivity index (χ2n) is 3.82. The zero-order valence-electron chi connectivity index (χ0n) is 9.07. The summed E-state index contributed by atoms with van der Waals surface area (Å²) in [5, 5.41) is 0. The minimum Gasteiger partial charge on any atom is -0.399 e. The summed E-state index contributed by atoms with van der Waals surface area (Å²) in [6.07, 6.45) is 4.59. The molecule has 2 N–H and O–H groups in total. The van der Waals surface area contributed by atoms with Gasteiger partial charge < -0.3 is 10.3 Å². The number of aromatic nitrogens is 2. The van der Waals surface area contributed by atoms with E-state index in [9.17, 15) is 0 Å². The Morgan fingerprint density at radius 2 is 2.20 bits per heavy atom. The Hall–Kier alpha value is -1.77. The van der Waals surface area contributed by atoms with Crippen LogP contribution in [0.4, 0.5) is 5.69 Å². The zero-order chi connectivity index (χ0) is 10.8. The number of hydrogen-bond acceptors (Lipinski definition) is 2. The highest BCUT2D eigenvalue weighted by atomic mass is 15.0. The van der Waals surface area contributed by atoms with Crippen molar-refractivity contribution in [3.05, 3.63) is 47.5 Å². The molecule has 0 unspecified atom stereocenters. The number of aryl methyl sites for hydroxylation is 2. The maximum atomic E-state index is 5.86. The largest absolute Gasteiger partial charge is 0.399 e. The van der Waals surface area contributed by atoms with Crippen molar-refractivity contribution in [3.8, 4) is 0 Å². The van der Waals surface area contributed by atoms with Crippen molar-refractivity contribution in [2.45, 2.75) is 13.3 Å². The third-order valence-corrected chi connectivity index (χ3v) is 2.63. The lowest BCUT2D eigenvalue weighted by Crippen LogP contribution is -1.99. The van der Waals surface area contributed by atoms with Crippen LogP contribution >= 0.6 is 0 Å². The first-order valence-corrected chi connectivity index (χ1v) is 4.98. The Balaban J connectivity index is 2.25. The van der Waals surface area contributed by atoms with Gasteiger partial charge in [0.1, 0.15) is 5.82 Å². The molecule has 1 aromatic carbocycles. The fourth-order valence-corrected chi connectivity index (χ4v) is 1.55. The van der Waals surface area contributed by atoms with Crippen LogP contribution in [0.25, 0.3) is 0 Å². The quantitative estimate of drug-likeness (QED) is 0.754. The summed E-state index contributed by atoms with van der Waals surface area (Å²) >= 11 is 0. The molecule has 0 aliphatic carbocycles. The average Bonchev–Trinajstić information content (AvgIpc) is 2.59. The van der Waals surface area contributed by atoms with E-state index in [0.29, 0.717) is 0 Å². The van der Waals surface area contributed by atoms with Crippen LogP contribution in [0.2, 0.25) is 0 Å². The highest BCUT2D eigenvalue weighted by Gasteiger charge is 2.02. The number of nitrogens with zero attached hydrogens (tertiary/aromatic N) is 2. The molecule has 0 bridgehead atoms. The molecule has 3 heteroatoms. The highest BCUT2D eigenvalue weighted by Crippen LogP contribution is 2.15. The first-order chi connectivity index (χ1) is 7.16. The molecular weight excluding hydrogens is 186 g/mol. The van der Waals surface area contributed by atoms with Gasteiger partial charge in [-0.3, -0.25) is 0 Å². The van der Waals surface area contributed by atoms with E-state index >= 15 is 0 Å². The highest BCUT2D eigenvalue weighted by molar-refractivity contribution is 5.48. The first-order valence-electron chi connectivity index (χ1n) is 4.98. The fraction of sp³-hybridized carbons (Fsp3) is 0.250. The summed E-state index contributed by atoms with van der Waals surface area (Å²) in [6.45, 7) is 2.01. The van der Waals surface area contributed by atoms with Gasteiger partial charge in [-0.2, -0.15) is 0 Å². The van der Waals surface area contributed by atoms with Crippen molar-refractivity contribution in [2.24, 2.45) is 7.05 Å². The van der Waals surface area contributed by atoms with Gasteiger partial charge >= 0.3 is 0 Å². The van der Waals surface area contributed by atoms with Crippen LogP contribution in [0.15, 0.2) is 30.6 Å². The van der Waals surface area contributed by atoms with Crippen LogP contribution < -0.4 is 5.73 Å². The number of hydrogen-bond donors (Lipinski definition) is 1. The molecular formula is C12H15N3. The van der Waals surface area contributed by atoms with Crippen LogP contribution in [0.5, 0.6) is 0 Å². The molecule has 1 aromatic heterocycles. The monoisotopic (exact) mass is 201 g/mol. The number of nitrogens with two attached hydrogens (primary N) is 1. The third kappa shape index (κ3) is 2.01. The summed E-state index contributed by atoms with van der Waals surface area (Å²) in [4.78, 5) is 4.29. The molecule has 0 saturated carbocycles. The van der Waals surface area contributed by atoms with Gasteiger partial charge in [0.05, 0.1) is 0 Å². The van der Waals surface area contributed by atoms with E-state index in [-0.39, 0.29) is 0 Å². The second-order valence-corrected chi connectivity index (χ2v) is 3.82. The fourth-order valence-electron chi connectivity index (χ4n) is 1.55. The molecule has 15 heavy (non-hydrogen) atoms. The molecule has 0 fully saturated rings. The standard InChI is InChI=1S/C12H15N3/c1-9-3-4-10(7-11(9)13)8-12-14-5-6-15(12)2/h3-7H,8,13H2,1-2H3. The van der Waals surface area contributed by atoms with E-state index in [2.05, 4.69) is 11.1 Å². The number of nitrogen functional groups attached to an aromatic ring is 1. The maximum Gasteiger partial charge on any atom is 0.112 e. The van der Waals surface area contributed by atoms with E-state index < -0.39 is 0 Å². The molecule has 0 aliphatic rings. The van der Waals surface area contributed by atoms with E-state index in [1.807, 2.05) is 43.1 Å². The van der Waals surface area contributed by atoms with Crippen molar-refractivity contribution < 1.29 is 0 Å². The summed E-state index contributed by atoms with van der Waals surface area (Å²) in [6, 6.07) is 6.16. The SMILES string of the molecule is Cc1ccc(Cc2nccn2C)cc1N. The molecule has 2 aromatic rings. The van der Waals surface area contributed by atoms with Gasteiger partial charge in [-0.15, -0.1) is 0 Å². The van der Waals surface area contributed by atoms with Crippen LogP contribution in [0, 0.1) is 6.92 Å². The normalized spacial score (nSPS) is 10.5. The van der Waals surface area contributed by atoms with Gasteiger partial charge in [0.2, 0.25) is 0 Å². The van der Waals surface area contributed by atoms with Crippen molar-refractivity contribution >= 4 is 5.69 Å². The summed E-state index contributed by atoms with van der Waals surface area (Å²) in [5.74, 6) is 1.05. The van der Waals surface area contributed by atoms with Crippen molar-refractivity contribution in [1.82, 2.24) is 9.55 Å². The third-order valence-electron chi connectivity index (χ3n) is 2.63. The van der Waals surface area contributed by atoms with Crippen LogP contribution in [0.3, 0.4) is 0 Å². The first kappa shape index (κ1) is 9.77. The molecule has 0 aliphatic heterocycles. The lowest BCUT2D eigenvalue weighted by atomic mass is 10.1. The topological polar surface area (TPSA) is 43.8 Å². The summed E-state index contributed by atoms with van der Waals surface area (Å²) < 4.78 is 2.02. The van der Waals surface area contributed by atoms with Crippen molar-refractivity contribution in [3.63, 3.8) is 0 Å². The Morgan fingerprint density at radius 1 is 1.40 bits per heavy atom. The number of rotatable bonds is 2. The van der Waals surface area contributed by atoms with Crippen molar-refractivity contribution in [2.75, 3.05) is 5.73 Å². The molecule has 78 valence electrons. The van der Waals surface area contributed by atoms with Gasteiger partial charge in [0, 0.05) is 31.5 Å². The smallest absolute Gasteiger partial charge is 0.112 e. The predicted octanol–water partition coefficient (Wildman–Crippen LogP) is 1.90.